The maximum absolute atomic E-state index is 13.5. The highest BCUT2D eigenvalue weighted by Crippen LogP contribution is 2.52. The van der Waals surface area contributed by atoms with Gasteiger partial charge in [0.25, 0.3) is 0 Å². The molecule has 1 aliphatic carbocycles. The maximum atomic E-state index is 13.5. The van der Waals surface area contributed by atoms with E-state index in [9.17, 15) is 25.2 Å². The summed E-state index contributed by atoms with van der Waals surface area (Å²) in [5.41, 5.74) is 12.8. The van der Waals surface area contributed by atoms with E-state index in [-0.39, 0.29) is 25.6 Å². The summed E-state index contributed by atoms with van der Waals surface area (Å²) in [6.07, 6.45) is 8.03. The number of Topliss-reactive ketones (excluding diaryl/α,β-unsaturated/α-hetero) is 1. The monoisotopic (exact) mass is 648 g/mol. The van der Waals surface area contributed by atoms with Gasteiger partial charge in [0.05, 0.1) is 35.3 Å². The second-order valence-electron chi connectivity index (χ2n) is 13.1. The molecule has 1 unspecified atom stereocenters. The molecule has 2 aromatic rings. The van der Waals surface area contributed by atoms with Crippen molar-refractivity contribution in [1.29, 1.82) is 0 Å². The van der Waals surface area contributed by atoms with Crippen molar-refractivity contribution >= 4 is 44.7 Å². The van der Waals surface area contributed by atoms with Crippen molar-refractivity contribution in [2.75, 3.05) is 26.4 Å². The number of hydrogen-bond acceptors (Lipinski definition) is 7. The van der Waals surface area contributed by atoms with Gasteiger partial charge < -0.3 is 30.4 Å². The first kappa shape index (κ1) is 33.5. The van der Waals surface area contributed by atoms with Gasteiger partial charge in [-0.3, -0.25) is 4.79 Å². The fourth-order valence-electron chi connectivity index (χ4n) is 7.70. The summed E-state index contributed by atoms with van der Waals surface area (Å²) in [5, 5.41) is 39.9. The molecule has 48 heavy (non-hydrogen) atoms. The Bertz CT molecular complexity index is 2020. The van der Waals surface area contributed by atoms with Gasteiger partial charge in [-0.1, -0.05) is 24.8 Å². The SMILES string of the molecule is C=CC1=C(C)c2cc3[nH]c(cc4nc(cc5[nH]c(cc1n2)c(C)c5CCCO)C(CCCO)=C4C)[C@@]1(C)C3=CC=C(CO)C1C(=O)CO. The van der Waals surface area contributed by atoms with Crippen LogP contribution in [0.2, 0.25) is 0 Å². The summed E-state index contributed by atoms with van der Waals surface area (Å²) in [6.45, 7) is 11.3. The van der Waals surface area contributed by atoms with Crippen LogP contribution >= 0.6 is 0 Å². The van der Waals surface area contributed by atoms with Gasteiger partial charge in [0, 0.05) is 46.6 Å². The lowest BCUT2D eigenvalue weighted by Crippen LogP contribution is -2.41. The number of fused-ring (bicyclic) bond motifs is 11. The number of carbonyl (C=O) groups excluding carboxylic acids is 1. The van der Waals surface area contributed by atoms with Gasteiger partial charge in [0.2, 0.25) is 0 Å². The number of aliphatic hydroxyl groups is 4. The molecule has 0 saturated carbocycles. The van der Waals surface area contributed by atoms with E-state index < -0.39 is 17.9 Å². The molecule has 3 aliphatic heterocycles. The molecule has 5 heterocycles. The normalized spacial score (nSPS) is 19.6. The average Bonchev–Trinajstić information content (AvgIpc) is 3.73. The molecule has 0 amide bonds. The Kier molecular flexibility index (Phi) is 9.24. The topological polar surface area (TPSA) is 155 Å². The molecule has 250 valence electrons. The van der Waals surface area contributed by atoms with Crippen molar-refractivity contribution in [1.82, 2.24) is 19.9 Å². The quantitative estimate of drug-likeness (QED) is 0.198. The Morgan fingerprint density at radius 2 is 1.56 bits per heavy atom. The number of nitrogens with one attached hydrogen (secondary N) is 2. The highest BCUT2D eigenvalue weighted by Gasteiger charge is 2.50. The fourth-order valence-corrected chi connectivity index (χ4v) is 7.70. The number of aromatic amines is 2. The molecule has 6 rings (SSSR count). The molecule has 0 spiro atoms. The summed E-state index contributed by atoms with van der Waals surface area (Å²) in [5.74, 6) is -1.18. The maximum Gasteiger partial charge on any atom is 0.166 e. The Balaban J connectivity index is 1.77. The zero-order valence-corrected chi connectivity index (χ0v) is 28.1. The van der Waals surface area contributed by atoms with E-state index >= 15 is 0 Å². The predicted molar refractivity (Wildman–Crippen MR) is 190 cm³/mol. The molecule has 0 fully saturated rings. The zero-order chi connectivity index (χ0) is 34.3. The van der Waals surface area contributed by atoms with Crippen LogP contribution in [0.15, 0.2) is 54.6 Å². The van der Waals surface area contributed by atoms with Crippen LogP contribution in [0.3, 0.4) is 0 Å². The van der Waals surface area contributed by atoms with E-state index in [2.05, 4.69) is 29.5 Å². The third kappa shape index (κ3) is 5.41. The molecule has 0 aromatic carbocycles. The molecule has 0 saturated heterocycles. The predicted octanol–water partition coefficient (Wildman–Crippen LogP) is 5.54. The van der Waals surface area contributed by atoms with Gasteiger partial charge in [0.15, 0.2) is 5.78 Å². The van der Waals surface area contributed by atoms with E-state index in [0.717, 1.165) is 84.2 Å². The van der Waals surface area contributed by atoms with Crippen LogP contribution in [0.4, 0.5) is 0 Å². The lowest BCUT2D eigenvalue weighted by molar-refractivity contribution is -0.126. The van der Waals surface area contributed by atoms with Crippen molar-refractivity contribution in [3.8, 4) is 0 Å². The van der Waals surface area contributed by atoms with Gasteiger partial charge >= 0.3 is 0 Å². The molecule has 4 aliphatic rings. The number of aromatic nitrogens is 4. The number of carbonyl (C=O) groups is 1. The standard InChI is InChI=1S/C39H44N4O5/c1-6-25-21(2)30-16-35-28-12-11-24(19-46)38(36(48)20-47)39(28,5)37(43-35)18-31-23(4)27(10-8-14-45)34(42-31)17-33-26(9-7-13-44)22(3)29(41-33)15-32(25)40-30/h6,11-12,15-18,38,41,43-47H,1,7-10,13-14,19-20H2,2-5H3/t38?,39-/m1/s1. The molecule has 2 aromatic heterocycles. The first-order valence-electron chi connectivity index (χ1n) is 16.6. The fraction of sp³-hybridized carbons (Fsp3) is 0.359. The largest absolute Gasteiger partial charge is 0.396 e. The summed E-state index contributed by atoms with van der Waals surface area (Å²) in [4.78, 5) is 30.9. The Hall–Kier alpha value is -4.41. The third-order valence-electron chi connectivity index (χ3n) is 10.4. The Morgan fingerprint density at radius 1 is 0.875 bits per heavy atom. The molecule has 8 bridgehead atoms. The smallest absolute Gasteiger partial charge is 0.166 e. The number of allylic oxidation sites excluding steroid dienone is 8. The van der Waals surface area contributed by atoms with Gasteiger partial charge in [-0.15, -0.1) is 0 Å². The second-order valence-corrected chi connectivity index (χ2v) is 13.1. The summed E-state index contributed by atoms with van der Waals surface area (Å²) >= 11 is 0. The second kappa shape index (κ2) is 13.2. The minimum absolute atomic E-state index is 0.0472. The number of aryl methyl sites for hydroxylation is 2. The minimum Gasteiger partial charge on any atom is -0.396 e. The first-order chi connectivity index (χ1) is 23.1. The van der Waals surface area contributed by atoms with Crippen molar-refractivity contribution in [3.63, 3.8) is 0 Å². The van der Waals surface area contributed by atoms with Gasteiger partial charge in [-0.25, -0.2) is 9.97 Å². The number of nitrogens with zero attached hydrogens (tertiary/aromatic N) is 2. The van der Waals surface area contributed by atoms with Crippen LogP contribution in [-0.2, 0) is 16.6 Å². The van der Waals surface area contributed by atoms with E-state index in [0.29, 0.717) is 31.3 Å². The van der Waals surface area contributed by atoms with Crippen LogP contribution in [0, 0.1) is 12.8 Å². The number of aliphatic hydroxyl groups excluding tert-OH is 4. The first-order valence-corrected chi connectivity index (χ1v) is 16.6. The molecular weight excluding hydrogens is 604 g/mol. The molecular formula is C39H44N4O5. The molecule has 9 nitrogen and oxygen atoms in total. The third-order valence-corrected chi connectivity index (χ3v) is 10.4. The lowest BCUT2D eigenvalue weighted by atomic mass is 9.63. The van der Waals surface area contributed by atoms with Crippen LogP contribution in [0.1, 0.15) is 85.3 Å². The van der Waals surface area contributed by atoms with Crippen molar-refractivity contribution in [2.24, 2.45) is 5.92 Å². The number of rotatable bonds is 10. The Labute approximate surface area is 280 Å². The lowest BCUT2D eigenvalue weighted by Gasteiger charge is -2.38. The van der Waals surface area contributed by atoms with Crippen LogP contribution < -0.4 is 0 Å². The number of hydrogen-bond donors (Lipinski definition) is 6. The average molecular weight is 649 g/mol. The highest BCUT2D eigenvalue weighted by molar-refractivity contribution is 5.98. The number of ketones is 1. The van der Waals surface area contributed by atoms with Crippen molar-refractivity contribution in [3.05, 3.63) is 99.9 Å². The zero-order valence-electron chi connectivity index (χ0n) is 28.1. The van der Waals surface area contributed by atoms with E-state index in [1.165, 1.54) is 0 Å². The van der Waals surface area contributed by atoms with Crippen LogP contribution in [-0.4, -0.2) is 72.6 Å². The molecule has 9 heteroatoms. The molecule has 6 N–H and O–H groups in total. The van der Waals surface area contributed by atoms with E-state index in [4.69, 9.17) is 9.97 Å². The number of H-pyrrole nitrogens is 2. The van der Waals surface area contributed by atoms with Crippen LogP contribution in [0.5, 0.6) is 0 Å². The summed E-state index contributed by atoms with van der Waals surface area (Å²) < 4.78 is 0. The molecule has 2 atom stereocenters. The van der Waals surface area contributed by atoms with E-state index in [1.54, 1.807) is 6.08 Å². The van der Waals surface area contributed by atoms with Gasteiger partial charge in [-0.2, -0.15) is 0 Å². The highest BCUT2D eigenvalue weighted by atomic mass is 16.3. The van der Waals surface area contributed by atoms with E-state index in [1.807, 2.05) is 51.1 Å². The van der Waals surface area contributed by atoms with Crippen LogP contribution in [0.25, 0.3) is 38.9 Å². The van der Waals surface area contributed by atoms with Gasteiger partial charge in [-0.05, 0) is 117 Å². The molecule has 0 radical (unpaired) electrons. The van der Waals surface area contributed by atoms with Gasteiger partial charge in [0.1, 0.15) is 6.61 Å². The van der Waals surface area contributed by atoms with Crippen molar-refractivity contribution < 1.29 is 25.2 Å². The summed E-state index contributed by atoms with van der Waals surface area (Å²) in [7, 11) is 0. The summed E-state index contributed by atoms with van der Waals surface area (Å²) in [6, 6.07) is 8.06. The Morgan fingerprint density at radius 3 is 2.25 bits per heavy atom. The minimum atomic E-state index is -0.938. The van der Waals surface area contributed by atoms with Crippen molar-refractivity contribution in [2.45, 2.75) is 58.8 Å².